The summed E-state index contributed by atoms with van der Waals surface area (Å²) in [4.78, 5) is 26.9. The molecule has 22 heavy (non-hydrogen) atoms. The molecule has 6 heteroatoms. The molecule has 1 heterocycles. The lowest BCUT2D eigenvalue weighted by Crippen LogP contribution is -2.49. The number of halogens is 1. The van der Waals surface area contributed by atoms with Gasteiger partial charge in [0.25, 0.3) is 0 Å². The SMILES string of the molecule is CC(CC(=O)O)CC(=O)N1CCN(c2ccccc2)CC1.Cl. The third kappa shape index (κ3) is 5.22. The summed E-state index contributed by atoms with van der Waals surface area (Å²) in [6, 6.07) is 10.2. The minimum atomic E-state index is -0.843. The fourth-order valence-corrected chi connectivity index (χ4v) is 2.65. The number of hydrogen-bond donors (Lipinski definition) is 1. The van der Waals surface area contributed by atoms with E-state index in [1.165, 1.54) is 5.69 Å². The van der Waals surface area contributed by atoms with E-state index < -0.39 is 5.97 Å². The average molecular weight is 327 g/mol. The second kappa shape index (κ2) is 8.63. The summed E-state index contributed by atoms with van der Waals surface area (Å²) in [6.07, 6.45) is 0.368. The van der Waals surface area contributed by atoms with Crippen LogP contribution in [0.3, 0.4) is 0 Å². The number of carboxylic acid groups (broad SMARTS) is 1. The van der Waals surface area contributed by atoms with Gasteiger partial charge in [-0.25, -0.2) is 0 Å². The van der Waals surface area contributed by atoms with Crippen molar-refractivity contribution in [2.45, 2.75) is 19.8 Å². The van der Waals surface area contributed by atoms with Gasteiger partial charge in [-0.05, 0) is 18.1 Å². The van der Waals surface area contributed by atoms with Crippen LogP contribution in [0.25, 0.3) is 0 Å². The first-order chi connectivity index (χ1) is 10.1. The van der Waals surface area contributed by atoms with Crippen LogP contribution in [0.1, 0.15) is 19.8 Å². The molecule has 1 aromatic rings. The highest BCUT2D eigenvalue weighted by molar-refractivity contribution is 5.85. The van der Waals surface area contributed by atoms with Crippen molar-refractivity contribution in [1.82, 2.24) is 4.90 Å². The Morgan fingerprint density at radius 3 is 2.23 bits per heavy atom. The van der Waals surface area contributed by atoms with Crippen molar-refractivity contribution < 1.29 is 14.7 Å². The summed E-state index contributed by atoms with van der Waals surface area (Å²) in [7, 11) is 0. The van der Waals surface area contributed by atoms with Crippen molar-refractivity contribution in [2.75, 3.05) is 31.1 Å². The maximum Gasteiger partial charge on any atom is 0.303 e. The minimum absolute atomic E-state index is 0. The molecule has 1 aromatic carbocycles. The molecule has 1 N–H and O–H groups in total. The first-order valence-corrected chi connectivity index (χ1v) is 7.36. The van der Waals surface area contributed by atoms with Gasteiger partial charge in [-0.1, -0.05) is 25.1 Å². The summed E-state index contributed by atoms with van der Waals surface area (Å²) in [5.41, 5.74) is 1.18. The maximum atomic E-state index is 12.1. The number of aliphatic carboxylic acids is 1. The third-order valence-corrected chi connectivity index (χ3v) is 3.80. The second-order valence-electron chi connectivity index (χ2n) is 5.61. The quantitative estimate of drug-likeness (QED) is 0.901. The molecule has 1 amide bonds. The van der Waals surface area contributed by atoms with Crippen molar-refractivity contribution in [1.29, 1.82) is 0 Å². The van der Waals surface area contributed by atoms with Crippen molar-refractivity contribution in [3.63, 3.8) is 0 Å². The van der Waals surface area contributed by atoms with Crippen molar-refractivity contribution in [3.8, 4) is 0 Å². The van der Waals surface area contributed by atoms with Gasteiger partial charge in [-0.15, -0.1) is 12.4 Å². The van der Waals surface area contributed by atoms with E-state index in [0.29, 0.717) is 19.5 Å². The van der Waals surface area contributed by atoms with Gasteiger partial charge < -0.3 is 14.9 Å². The zero-order valence-corrected chi connectivity index (χ0v) is 13.6. The van der Waals surface area contributed by atoms with Crippen molar-refractivity contribution >= 4 is 30.0 Å². The molecule has 1 aliphatic rings. The highest BCUT2D eigenvalue weighted by Crippen LogP contribution is 2.17. The highest BCUT2D eigenvalue weighted by Gasteiger charge is 2.23. The number of rotatable bonds is 5. The predicted octanol–water partition coefficient (Wildman–Crippen LogP) is 2.26. The lowest BCUT2D eigenvalue weighted by molar-refractivity contribution is -0.138. The molecule has 0 aromatic heterocycles. The standard InChI is InChI=1S/C16H22N2O3.ClH/c1-13(12-16(20)21)11-15(19)18-9-7-17(8-10-18)14-5-3-2-4-6-14;/h2-6,13H,7-12H2,1H3,(H,20,21);1H. The van der Waals surface area contributed by atoms with Crippen LogP contribution in [0.5, 0.6) is 0 Å². The number of carbonyl (C=O) groups is 2. The Bertz CT molecular complexity index is 487. The summed E-state index contributed by atoms with van der Waals surface area (Å²) in [6.45, 7) is 4.86. The van der Waals surface area contributed by atoms with E-state index in [-0.39, 0.29) is 30.7 Å². The summed E-state index contributed by atoms with van der Waals surface area (Å²) < 4.78 is 0. The number of benzene rings is 1. The average Bonchev–Trinajstić information content (AvgIpc) is 2.47. The fourth-order valence-electron chi connectivity index (χ4n) is 2.65. The van der Waals surface area contributed by atoms with E-state index in [9.17, 15) is 9.59 Å². The van der Waals surface area contributed by atoms with Crippen molar-refractivity contribution in [3.05, 3.63) is 30.3 Å². The van der Waals surface area contributed by atoms with Gasteiger partial charge in [0, 0.05) is 44.7 Å². The molecule has 1 aliphatic heterocycles. The first-order valence-electron chi connectivity index (χ1n) is 7.36. The van der Waals surface area contributed by atoms with E-state index in [1.54, 1.807) is 0 Å². The van der Waals surface area contributed by atoms with Crippen LogP contribution < -0.4 is 4.90 Å². The largest absolute Gasteiger partial charge is 0.481 e. The Morgan fingerprint density at radius 2 is 1.68 bits per heavy atom. The van der Waals surface area contributed by atoms with Crippen LogP contribution in [-0.2, 0) is 9.59 Å². The molecule has 0 aliphatic carbocycles. The summed E-state index contributed by atoms with van der Waals surface area (Å²) in [5, 5.41) is 8.74. The lowest BCUT2D eigenvalue weighted by Gasteiger charge is -2.36. The topological polar surface area (TPSA) is 60.9 Å². The zero-order valence-electron chi connectivity index (χ0n) is 12.8. The molecule has 0 saturated carbocycles. The number of para-hydroxylation sites is 1. The third-order valence-electron chi connectivity index (χ3n) is 3.80. The Hall–Kier alpha value is -1.75. The van der Waals surface area contributed by atoms with Gasteiger partial charge in [0.15, 0.2) is 0 Å². The number of carboxylic acids is 1. The molecular weight excluding hydrogens is 304 g/mol. The van der Waals surface area contributed by atoms with Crippen molar-refractivity contribution in [2.24, 2.45) is 5.92 Å². The van der Waals surface area contributed by atoms with E-state index in [4.69, 9.17) is 5.11 Å². The number of amides is 1. The van der Waals surface area contributed by atoms with Crippen LogP contribution in [0, 0.1) is 5.92 Å². The van der Waals surface area contributed by atoms with Crippen LogP contribution in [0.15, 0.2) is 30.3 Å². The zero-order chi connectivity index (χ0) is 15.2. The van der Waals surface area contributed by atoms with E-state index in [0.717, 1.165) is 13.1 Å². The van der Waals surface area contributed by atoms with E-state index in [1.807, 2.05) is 30.0 Å². The monoisotopic (exact) mass is 326 g/mol. The summed E-state index contributed by atoms with van der Waals surface area (Å²) in [5.74, 6) is -0.886. The van der Waals surface area contributed by atoms with Gasteiger partial charge in [-0.2, -0.15) is 0 Å². The van der Waals surface area contributed by atoms with Crippen LogP contribution in [-0.4, -0.2) is 48.1 Å². The van der Waals surface area contributed by atoms with Gasteiger partial charge >= 0.3 is 5.97 Å². The molecule has 1 unspecified atom stereocenters. The van der Waals surface area contributed by atoms with Crippen LogP contribution >= 0.6 is 12.4 Å². The van der Waals surface area contributed by atoms with Gasteiger partial charge in [0.05, 0.1) is 0 Å². The fraction of sp³-hybridized carbons (Fsp3) is 0.500. The molecule has 0 spiro atoms. The Kier molecular flexibility index (Phi) is 7.18. The maximum absolute atomic E-state index is 12.1. The van der Waals surface area contributed by atoms with E-state index in [2.05, 4.69) is 17.0 Å². The molecule has 0 bridgehead atoms. The van der Waals surface area contributed by atoms with Gasteiger partial charge in [-0.3, -0.25) is 9.59 Å². The molecular formula is C16H23ClN2O3. The van der Waals surface area contributed by atoms with Gasteiger partial charge in [0.1, 0.15) is 0 Å². The first kappa shape index (κ1) is 18.3. The molecule has 0 radical (unpaired) electrons. The molecule has 1 atom stereocenters. The number of piperazine rings is 1. The Balaban J connectivity index is 0.00000242. The number of hydrogen-bond acceptors (Lipinski definition) is 3. The molecule has 2 rings (SSSR count). The number of nitrogens with zero attached hydrogens (tertiary/aromatic N) is 2. The van der Waals surface area contributed by atoms with Crippen LogP contribution in [0.4, 0.5) is 5.69 Å². The minimum Gasteiger partial charge on any atom is -0.481 e. The lowest BCUT2D eigenvalue weighted by atomic mass is 10.0. The molecule has 5 nitrogen and oxygen atoms in total. The van der Waals surface area contributed by atoms with E-state index >= 15 is 0 Å². The predicted molar refractivity (Wildman–Crippen MR) is 88.5 cm³/mol. The normalized spacial score (nSPS) is 15.9. The second-order valence-corrected chi connectivity index (χ2v) is 5.61. The van der Waals surface area contributed by atoms with Gasteiger partial charge in [0.2, 0.25) is 5.91 Å². The van der Waals surface area contributed by atoms with Crippen LogP contribution in [0.2, 0.25) is 0 Å². The number of anilines is 1. The Labute approximate surface area is 137 Å². The smallest absolute Gasteiger partial charge is 0.303 e. The Morgan fingerprint density at radius 1 is 1.09 bits per heavy atom. The summed E-state index contributed by atoms with van der Waals surface area (Å²) >= 11 is 0. The molecule has 1 saturated heterocycles. The molecule has 122 valence electrons. The molecule has 1 fully saturated rings. The number of carbonyl (C=O) groups excluding carboxylic acids is 1. The highest BCUT2D eigenvalue weighted by atomic mass is 35.5.